The zero-order chi connectivity index (χ0) is 22.1. The minimum atomic E-state index is -4.33. The van der Waals surface area contributed by atoms with E-state index in [-0.39, 0.29) is 0 Å². The smallest absolute Gasteiger partial charge is 0.255 e. The number of hydrogen-bond acceptors (Lipinski definition) is 2. The van der Waals surface area contributed by atoms with Crippen LogP contribution in [0.25, 0.3) is 44.4 Å². The van der Waals surface area contributed by atoms with E-state index in [0.717, 1.165) is 56.5 Å². The van der Waals surface area contributed by atoms with Gasteiger partial charge in [-0.25, -0.2) is 0 Å². The molecule has 2 nitrogen and oxygen atoms in total. The molecule has 0 radical (unpaired) electrons. The Morgan fingerprint density at radius 2 is 1.12 bits per heavy atom. The molecule has 0 N–H and O–H groups in total. The normalized spacial score (nSPS) is 11.6. The van der Waals surface area contributed by atoms with Crippen molar-refractivity contribution in [1.82, 2.24) is 9.97 Å². The van der Waals surface area contributed by atoms with Gasteiger partial charge in [0, 0.05) is 18.0 Å². The van der Waals surface area contributed by atoms with Crippen LogP contribution in [0.5, 0.6) is 0 Å². The van der Waals surface area contributed by atoms with Crippen LogP contribution in [0.3, 0.4) is 0 Å². The lowest BCUT2D eigenvalue weighted by Crippen LogP contribution is -2.03. The minimum absolute atomic E-state index is 0.644. The van der Waals surface area contributed by atoms with E-state index in [2.05, 4.69) is 16.0 Å². The average Bonchev–Trinajstić information content (AvgIpc) is 2.83. The fourth-order valence-electron chi connectivity index (χ4n) is 3.69. The summed E-state index contributed by atoms with van der Waals surface area (Å²) >= 11 is 0. The molecule has 5 rings (SSSR count). The van der Waals surface area contributed by atoms with Gasteiger partial charge in [0.05, 0.1) is 17.0 Å². The number of nitrogens with zero attached hydrogens (tertiary/aromatic N) is 2. The fraction of sp³-hybridized carbons (Fsp3) is 0.0370. The molecule has 156 valence electrons. The predicted molar refractivity (Wildman–Crippen MR) is 121 cm³/mol. The van der Waals surface area contributed by atoms with E-state index < -0.39 is 11.7 Å². The van der Waals surface area contributed by atoms with Crippen molar-refractivity contribution >= 4 is 10.8 Å². The third-order valence-corrected chi connectivity index (χ3v) is 5.41. The number of alkyl halides is 3. The first kappa shape index (κ1) is 19.9. The van der Waals surface area contributed by atoms with Crippen LogP contribution in [0.4, 0.5) is 13.2 Å². The molecule has 32 heavy (non-hydrogen) atoms. The van der Waals surface area contributed by atoms with E-state index in [4.69, 9.17) is 0 Å². The van der Waals surface area contributed by atoms with Gasteiger partial charge in [0.2, 0.25) is 0 Å². The Morgan fingerprint density at radius 3 is 1.69 bits per heavy atom. The van der Waals surface area contributed by atoms with E-state index in [9.17, 15) is 13.2 Å². The summed E-state index contributed by atoms with van der Waals surface area (Å²) in [6, 6.07) is 27.0. The van der Waals surface area contributed by atoms with Gasteiger partial charge >= 0.3 is 6.18 Å². The zero-order valence-electron chi connectivity index (χ0n) is 16.8. The highest BCUT2D eigenvalue weighted by Crippen LogP contribution is 2.32. The molecule has 5 heteroatoms. The summed E-state index contributed by atoms with van der Waals surface area (Å²) in [6.07, 6.45) is -0.752. The third-order valence-electron chi connectivity index (χ3n) is 5.41. The molecular formula is C27H17F3N2. The van der Waals surface area contributed by atoms with Crippen LogP contribution in [0.2, 0.25) is 0 Å². The lowest BCUT2D eigenvalue weighted by Gasteiger charge is -2.09. The van der Waals surface area contributed by atoms with E-state index >= 15 is 0 Å². The first-order chi connectivity index (χ1) is 15.5. The molecule has 0 atom stereocenters. The molecule has 3 aromatic carbocycles. The summed E-state index contributed by atoms with van der Waals surface area (Å²) in [5, 5.41) is 2.07. The van der Waals surface area contributed by atoms with Crippen molar-refractivity contribution < 1.29 is 13.2 Å². The van der Waals surface area contributed by atoms with Crippen molar-refractivity contribution in [3.63, 3.8) is 0 Å². The number of rotatable bonds is 3. The zero-order valence-corrected chi connectivity index (χ0v) is 16.8. The monoisotopic (exact) mass is 426 g/mol. The first-order valence-electron chi connectivity index (χ1n) is 10.1. The molecule has 0 unspecified atom stereocenters. The van der Waals surface area contributed by atoms with Gasteiger partial charge < -0.3 is 0 Å². The molecule has 0 spiro atoms. The maximum Gasteiger partial charge on any atom is 0.416 e. The Hall–Kier alpha value is -3.99. The number of aromatic nitrogens is 2. The molecule has 0 amide bonds. The van der Waals surface area contributed by atoms with Crippen molar-refractivity contribution in [2.75, 3.05) is 0 Å². The number of fused-ring (bicyclic) bond motifs is 1. The summed E-state index contributed by atoms with van der Waals surface area (Å²) in [5.74, 6) is 0. The maximum absolute atomic E-state index is 12.8. The molecule has 2 aromatic heterocycles. The van der Waals surface area contributed by atoms with Gasteiger partial charge in [-0.05, 0) is 69.9 Å². The second-order valence-electron chi connectivity index (χ2n) is 7.50. The highest BCUT2D eigenvalue weighted by atomic mass is 19.4. The standard InChI is InChI=1S/C27H17F3N2/c28-27(29,30)24-11-8-18(9-12-24)19-4-5-21-16-22(7-6-20(21)15-19)23-10-13-26(32-17-23)25-3-1-2-14-31-25/h1-17H. The van der Waals surface area contributed by atoms with Crippen molar-refractivity contribution in [3.8, 4) is 33.6 Å². The first-order valence-corrected chi connectivity index (χ1v) is 10.1. The van der Waals surface area contributed by atoms with Crippen molar-refractivity contribution in [2.24, 2.45) is 0 Å². The van der Waals surface area contributed by atoms with Crippen molar-refractivity contribution in [1.29, 1.82) is 0 Å². The minimum Gasteiger partial charge on any atom is -0.255 e. The third kappa shape index (κ3) is 3.97. The Balaban J connectivity index is 1.43. The Kier molecular flexibility index (Phi) is 4.94. The van der Waals surface area contributed by atoms with Gasteiger partial charge in [0.1, 0.15) is 0 Å². The number of halogens is 3. The van der Waals surface area contributed by atoms with Gasteiger partial charge in [-0.15, -0.1) is 0 Å². The fourth-order valence-corrected chi connectivity index (χ4v) is 3.69. The van der Waals surface area contributed by atoms with E-state index in [1.54, 1.807) is 6.20 Å². The topological polar surface area (TPSA) is 25.8 Å². The number of pyridine rings is 2. The van der Waals surface area contributed by atoms with Gasteiger partial charge in [-0.1, -0.05) is 48.5 Å². The number of hydrogen-bond donors (Lipinski definition) is 0. The lowest BCUT2D eigenvalue weighted by molar-refractivity contribution is -0.137. The Morgan fingerprint density at radius 1 is 0.531 bits per heavy atom. The van der Waals surface area contributed by atoms with Gasteiger partial charge in [0.25, 0.3) is 0 Å². The quantitative estimate of drug-likeness (QED) is 0.296. The summed E-state index contributed by atoms with van der Waals surface area (Å²) in [5.41, 5.74) is 4.66. The molecule has 0 fully saturated rings. The summed E-state index contributed by atoms with van der Waals surface area (Å²) in [6.45, 7) is 0. The van der Waals surface area contributed by atoms with Crippen LogP contribution in [-0.4, -0.2) is 9.97 Å². The van der Waals surface area contributed by atoms with Crippen LogP contribution >= 0.6 is 0 Å². The van der Waals surface area contributed by atoms with E-state index in [0.29, 0.717) is 0 Å². The highest BCUT2D eigenvalue weighted by molar-refractivity contribution is 5.90. The average molecular weight is 426 g/mol. The van der Waals surface area contributed by atoms with Crippen LogP contribution in [0.15, 0.2) is 103 Å². The summed E-state index contributed by atoms with van der Waals surface area (Å²) in [4.78, 5) is 8.86. The molecule has 5 aromatic rings. The van der Waals surface area contributed by atoms with Crippen LogP contribution in [0.1, 0.15) is 5.56 Å². The second kappa shape index (κ2) is 7.93. The summed E-state index contributed by atoms with van der Waals surface area (Å²) < 4.78 is 38.4. The van der Waals surface area contributed by atoms with E-state index in [1.165, 1.54) is 12.1 Å². The molecule has 0 aliphatic rings. The molecule has 0 aliphatic heterocycles. The van der Waals surface area contributed by atoms with Crippen molar-refractivity contribution in [2.45, 2.75) is 6.18 Å². The van der Waals surface area contributed by atoms with Gasteiger partial charge in [-0.2, -0.15) is 13.2 Å². The van der Waals surface area contributed by atoms with Crippen LogP contribution in [0, 0.1) is 0 Å². The van der Waals surface area contributed by atoms with Gasteiger partial charge in [-0.3, -0.25) is 9.97 Å². The van der Waals surface area contributed by atoms with Crippen molar-refractivity contribution in [3.05, 3.63) is 109 Å². The van der Waals surface area contributed by atoms with Gasteiger partial charge in [0.15, 0.2) is 0 Å². The molecule has 0 aliphatic carbocycles. The molecule has 2 heterocycles. The lowest BCUT2D eigenvalue weighted by atomic mass is 9.97. The van der Waals surface area contributed by atoms with Crippen LogP contribution in [-0.2, 0) is 6.18 Å². The Bertz CT molecular complexity index is 1380. The SMILES string of the molecule is FC(F)(F)c1ccc(-c2ccc3cc(-c4ccc(-c5ccccn5)nc4)ccc3c2)cc1. The summed E-state index contributed by atoms with van der Waals surface area (Å²) in [7, 11) is 0. The maximum atomic E-state index is 12.8. The second-order valence-corrected chi connectivity index (χ2v) is 7.50. The Labute approximate surface area is 183 Å². The predicted octanol–water partition coefficient (Wildman–Crippen LogP) is 7.65. The van der Waals surface area contributed by atoms with E-state index in [1.807, 2.05) is 66.9 Å². The number of benzene rings is 3. The molecular weight excluding hydrogens is 409 g/mol. The largest absolute Gasteiger partial charge is 0.416 e. The molecule has 0 saturated carbocycles. The van der Waals surface area contributed by atoms with Crippen LogP contribution < -0.4 is 0 Å². The molecule has 0 bridgehead atoms. The highest BCUT2D eigenvalue weighted by Gasteiger charge is 2.29. The molecule has 0 saturated heterocycles.